The van der Waals surface area contributed by atoms with Gasteiger partial charge in [0, 0.05) is 18.7 Å². The number of H-pyrrole nitrogens is 1. The van der Waals surface area contributed by atoms with E-state index in [-0.39, 0.29) is 11.4 Å². The van der Waals surface area contributed by atoms with Crippen LogP contribution in [0.1, 0.15) is 18.9 Å². The molecule has 2 heterocycles. The van der Waals surface area contributed by atoms with E-state index in [1.165, 1.54) is 24.2 Å². The third-order valence-corrected chi connectivity index (χ3v) is 3.51. The summed E-state index contributed by atoms with van der Waals surface area (Å²) >= 11 is 1.27. The van der Waals surface area contributed by atoms with E-state index in [1.54, 1.807) is 0 Å². The zero-order valence-electron chi connectivity index (χ0n) is 11.3. The summed E-state index contributed by atoms with van der Waals surface area (Å²) in [6.45, 7) is 2.08. The number of aromatic amines is 1. The standard InChI is InChI=1S/C12H16N6OS/c1-3-4-7-10(14-2)15-6-16-11(7)20-12-17-8(13)5-9(19)18-12/h5-6H,3-4H2,1-2H3,(H,14,15,16)(H3,13,17,18,19). The van der Waals surface area contributed by atoms with Crippen molar-refractivity contribution in [3.63, 3.8) is 0 Å². The van der Waals surface area contributed by atoms with Crippen LogP contribution in [0.25, 0.3) is 0 Å². The van der Waals surface area contributed by atoms with Gasteiger partial charge in [0.25, 0.3) is 5.56 Å². The molecule has 2 rings (SSSR count). The van der Waals surface area contributed by atoms with E-state index in [0.29, 0.717) is 5.16 Å². The Labute approximate surface area is 120 Å². The molecule has 0 bridgehead atoms. The summed E-state index contributed by atoms with van der Waals surface area (Å²) in [6, 6.07) is 1.25. The Morgan fingerprint density at radius 3 is 2.90 bits per heavy atom. The summed E-state index contributed by atoms with van der Waals surface area (Å²) in [5.41, 5.74) is 6.31. The highest BCUT2D eigenvalue weighted by Gasteiger charge is 2.12. The van der Waals surface area contributed by atoms with Crippen LogP contribution in [-0.2, 0) is 6.42 Å². The highest BCUT2D eigenvalue weighted by Crippen LogP contribution is 2.29. The molecule has 0 aliphatic rings. The molecule has 106 valence electrons. The highest BCUT2D eigenvalue weighted by atomic mass is 32.2. The van der Waals surface area contributed by atoms with Gasteiger partial charge >= 0.3 is 0 Å². The van der Waals surface area contributed by atoms with Gasteiger partial charge in [-0.05, 0) is 18.2 Å². The van der Waals surface area contributed by atoms with Gasteiger partial charge in [-0.2, -0.15) is 0 Å². The van der Waals surface area contributed by atoms with Crippen LogP contribution in [-0.4, -0.2) is 27.0 Å². The fraction of sp³-hybridized carbons (Fsp3) is 0.333. The van der Waals surface area contributed by atoms with Crippen molar-refractivity contribution in [3.8, 4) is 0 Å². The van der Waals surface area contributed by atoms with Crippen molar-refractivity contribution in [1.82, 2.24) is 19.9 Å². The lowest BCUT2D eigenvalue weighted by atomic mass is 10.2. The predicted octanol–water partition coefficient (Wildman–Crippen LogP) is 1.29. The van der Waals surface area contributed by atoms with Gasteiger partial charge in [0.1, 0.15) is 23.0 Å². The average Bonchev–Trinajstić information content (AvgIpc) is 2.39. The molecule has 0 atom stereocenters. The molecule has 0 radical (unpaired) electrons. The Balaban J connectivity index is 2.39. The molecule has 20 heavy (non-hydrogen) atoms. The first kappa shape index (κ1) is 14.3. The summed E-state index contributed by atoms with van der Waals surface area (Å²) in [5.74, 6) is 0.979. The van der Waals surface area contributed by atoms with E-state index >= 15 is 0 Å². The average molecular weight is 292 g/mol. The van der Waals surface area contributed by atoms with Crippen LogP contribution in [0.4, 0.5) is 11.6 Å². The maximum Gasteiger partial charge on any atom is 0.253 e. The molecule has 0 amide bonds. The molecule has 0 aliphatic carbocycles. The van der Waals surface area contributed by atoms with E-state index in [2.05, 4.69) is 32.2 Å². The van der Waals surface area contributed by atoms with Crippen LogP contribution in [0.5, 0.6) is 0 Å². The number of nitrogens with one attached hydrogen (secondary N) is 2. The molecular formula is C12H16N6OS. The topological polar surface area (TPSA) is 110 Å². The lowest BCUT2D eigenvalue weighted by molar-refractivity contribution is 0.853. The Kier molecular flexibility index (Phi) is 4.57. The molecule has 0 fully saturated rings. The lowest BCUT2D eigenvalue weighted by Crippen LogP contribution is -2.10. The van der Waals surface area contributed by atoms with Gasteiger partial charge in [-0.25, -0.2) is 15.0 Å². The van der Waals surface area contributed by atoms with E-state index < -0.39 is 0 Å². The van der Waals surface area contributed by atoms with Gasteiger partial charge in [0.2, 0.25) is 0 Å². The molecule has 0 aromatic carbocycles. The number of aromatic nitrogens is 4. The number of rotatable bonds is 5. The van der Waals surface area contributed by atoms with Crippen molar-refractivity contribution in [2.75, 3.05) is 18.1 Å². The number of hydrogen-bond acceptors (Lipinski definition) is 7. The highest BCUT2D eigenvalue weighted by molar-refractivity contribution is 7.99. The van der Waals surface area contributed by atoms with Gasteiger partial charge in [-0.1, -0.05) is 13.3 Å². The van der Waals surface area contributed by atoms with E-state index in [1.807, 2.05) is 7.05 Å². The smallest absolute Gasteiger partial charge is 0.253 e. The second-order valence-electron chi connectivity index (χ2n) is 4.08. The first-order valence-electron chi connectivity index (χ1n) is 6.20. The maximum atomic E-state index is 11.4. The van der Waals surface area contributed by atoms with Gasteiger partial charge < -0.3 is 16.0 Å². The summed E-state index contributed by atoms with van der Waals surface area (Å²) < 4.78 is 0. The summed E-state index contributed by atoms with van der Waals surface area (Å²) in [7, 11) is 1.82. The summed E-state index contributed by atoms with van der Waals surface area (Å²) in [6.07, 6.45) is 3.29. The third-order valence-electron chi connectivity index (χ3n) is 2.58. The zero-order chi connectivity index (χ0) is 14.5. The Morgan fingerprint density at radius 2 is 2.25 bits per heavy atom. The Hall–Kier alpha value is -2.09. The van der Waals surface area contributed by atoms with Gasteiger partial charge in [-0.15, -0.1) is 0 Å². The van der Waals surface area contributed by atoms with Crippen LogP contribution in [0.15, 0.2) is 27.4 Å². The molecule has 0 spiro atoms. The molecule has 0 saturated heterocycles. The van der Waals surface area contributed by atoms with Crippen molar-refractivity contribution in [1.29, 1.82) is 0 Å². The molecule has 0 unspecified atom stereocenters. The number of nitrogens with zero attached hydrogens (tertiary/aromatic N) is 3. The third kappa shape index (κ3) is 3.27. The zero-order valence-corrected chi connectivity index (χ0v) is 12.1. The Morgan fingerprint density at radius 1 is 1.45 bits per heavy atom. The first-order valence-corrected chi connectivity index (χ1v) is 7.02. The fourth-order valence-electron chi connectivity index (χ4n) is 1.77. The van der Waals surface area contributed by atoms with Crippen molar-refractivity contribution in [2.24, 2.45) is 0 Å². The van der Waals surface area contributed by atoms with Crippen molar-refractivity contribution < 1.29 is 0 Å². The lowest BCUT2D eigenvalue weighted by Gasteiger charge is -2.11. The summed E-state index contributed by atoms with van der Waals surface area (Å²) in [4.78, 5) is 26.6. The SMILES string of the molecule is CCCc1c(NC)ncnc1Sc1nc(N)cc(=O)[nH]1. The van der Waals surface area contributed by atoms with Crippen molar-refractivity contribution >= 4 is 23.4 Å². The maximum absolute atomic E-state index is 11.4. The largest absolute Gasteiger partial charge is 0.383 e. The van der Waals surface area contributed by atoms with Crippen molar-refractivity contribution in [2.45, 2.75) is 29.9 Å². The van der Waals surface area contributed by atoms with Gasteiger partial charge in [0.05, 0.1) is 0 Å². The minimum absolute atomic E-state index is 0.191. The van der Waals surface area contributed by atoms with Crippen LogP contribution in [0.3, 0.4) is 0 Å². The first-order chi connectivity index (χ1) is 9.63. The van der Waals surface area contributed by atoms with Gasteiger partial charge in [0.15, 0.2) is 5.16 Å². The normalized spacial score (nSPS) is 10.5. The van der Waals surface area contributed by atoms with Crippen LogP contribution >= 0.6 is 11.8 Å². The Bertz CT molecular complexity index is 657. The number of nitrogen functional groups attached to an aromatic ring is 1. The number of hydrogen-bond donors (Lipinski definition) is 3. The molecule has 2 aromatic rings. The fourth-order valence-corrected chi connectivity index (χ4v) is 2.68. The second kappa shape index (κ2) is 6.38. The number of anilines is 2. The van der Waals surface area contributed by atoms with Crippen molar-refractivity contribution in [3.05, 3.63) is 28.3 Å². The van der Waals surface area contributed by atoms with E-state index in [4.69, 9.17) is 5.73 Å². The van der Waals surface area contributed by atoms with Crippen LogP contribution in [0.2, 0.25) is 0 Å². The quantitative estimate of drug-likeness (QED) is 0.562. The minimum atomic E-state index is -0.278. The second-order valence-corrected chi connectivity index (χ2v) is 5.06. The molecule has 8 heteroatoms. The monoisotopic (exact) mass is 292 g/mol. The van der Waals surface area contributed by atoms with Crippen LogP contribution in [0, 0.1) is 0 Å². The minimum Gasteiger partial charge on any atom is -0.383 e. The molecule has 4 N–H and O–H groups in total. The molecular weight excluding hydrogens is 276 g/mol. The summed E-state index contributed by atoms with van der Waals surface area (Å²) in [5, 5.41) is 4.24. The van der Waals surface area contributed by atoms with Gasteiger partial charge in [-0.3, -0.25) is 4.79 Å². The predicted molar refractivity (Wildman–Crippen MR) is 79.0 cm³/mol. The number of nitrogens with two attached hydrogens (primary N) is 1. The molecule has 2 aromatic heterocycles. The molecule has 0 saturated carbocycles. The molecule has 0 aliphatic heterocycles. The molecule has 7 nitrogen and oxygen atoms in total. The van der Waals surface area contributed by atoms with Crippen LogP contribution < -0.4 is 16.6 Å². The van der Waals surface area contributed by atoms with E-state index in [0.717, 1.165) is 29.2 Å². The van der Waals surface area contributed by atoms with E-state index in [9.17, 15) is 4.79 Å².